The Morgan fingerprint density at radius 1 is 1.12 bits per heavy atom. The predicted molar refractivity (Wildman–Crippen MR) is 98.3 cm³/mol. The van der Waals surface area contributed by atoms with E-state index in [9.17, 15) is 13.2 Å². The van der Waals surface area contributed by atoms with Gasteiger partial charge in [0.25, 0.3) is 5.91 Å². The average molecular weight is 368 g/mol. The second-order valence-corrected chi connectivity index (χ2v) is 8.85. The maximum absolute atomic E-state index is 12.6. The van der Waals surface area contributed by atoms with Gasteiger partial charge in [0.05, 0.1) is 12.9 Å². The predicted octanol–water partition coefficient (Wildman–Crippen LogP) is 2.22. The number of amides is 1. The van der Waals surface area contributed by atoms with Crippen LogP contribution in [0.4, 0.5) is 0 Å². The van der Waals surface area contributed by atoms with E-state index < -0.39 is 10.0 Å². The summed E-state index contributed by atoms with van der Waals surface area (Å²) in [4.78, 5) is 14.4. The normalized spacial score (nSPS) is 16.7. The molecule has 6 nitrogen and oxygen atoms in total. The molecule has 0 saturated carbocycles. The molecule has 1 amide bonds. The van der Waals surface area contributed by atoms with Crippen molar-refractivity contribution in [1.29, 1.82) is 0 Å². The summed E-state index contributed by atoms with van der Waals surface area (Å²) >= 11 is 0. The van der Waals surface area contributed by atoms with E-state index in [0.29, 0.717) is 50.7 Å². The molecular formula is C18H28N2O4S. The maximum Gasteiger partial charge on any atom is 0.253 e. The van der Waals surface area contributed by atoms with Crippen LogP contribution in [0, 0.1) is 5.92 Å². The van der Waals surface area contributed by atoms with Gasteiger partial charge in [-0.2, -0.15) is 0 Å². The highest BCUT2D eigenvalue weighted by Crippen LogP contribution is 2.16. The third-order valence-corrected chi connectivity index (χ3v) is 5.58. The molecular weight excluding hydrogens is 340 g/mol. The largest absolute Gasteiger partial charge is 0.494 e. The number of sulfonamides is 1. The Hall–Kier alpha value is -1.60. The molecule has 140 valence electrons. The number of nitrogens with zero attached hydrogens (tertiary/aromatic N) is 2. The van der Waals surface area contributed by atoms with Crippen molar-refractivity contribution in [3.05, 3.63) is 29.8 Å². The fourth-order valence-electron chi connectivity index (χ4n) is 2.72. The van der Waals surface area contributed by atoms with Gasteiger partial charge >= 0.3 is 0 Å². The van der Waals surface area contributed by atoms with E-state index in [4.69, 9.17) is 4.74 Å². The van der Waals surface area contributed by atoms with Crippen molar-refractivity contribution in [1.82, 2.24) is 9.21 Å². The first-order valence-corrected chi connectivity index (χ1v) is 10.6. The Kier molecular flexibility index (Phi) is 6.84. The minimum absolute atomic E-state index is 0.0657. The summed E-state index contributed by atoms with van der Waals surface area (Å²) in [5, 5.41) is 0. The van der Waals surface area contributed by atoms with Crippen molar-refractivity contribution < 1.29 is 17.9 Å². The quantitative estimate of drug-likeness (QED) is 0.772. The molecule has 1 aliphatic rings. The van der Waals surface area contributed by atoms with Gasteiger partial charge < -0.3 is 9.64 Å². The molecule has 0 radical (unpaired) electrons. The van der Waals surface area contributed by atoms with E-state index in [0.717, 1.165) is 12.2 Å². The highest BCUT2D eigenvalue weighted by molar-refractivity contribution is 7.88. The van der Waals surface area contributed by atoms with E-state index in [2.05, 4.69) is 13.8 Å². The van der Waals surface area contributed by atoms with Gasteiger partial charge in [0.15, 0.2) is 0 Å². The smallest absolute Gasteiger partial charge is 0.253 e. The summed E-state index contributed by atoms with van der Waals surface area (Å²) in [7, 11) is -3.20. The molecule has 0 unspecified atom stereocenters. The number of carbonyl (C=O) groups is 1. The average Bonchev–Trinajstić information content (AvgIpc) is 2.80. The van der Waals surface area contributed by atoms with Gasteiger partial charge in [-0.05, 0) is 43.0 Å². The van der Waals surface area contributed by atoms with Crippen LogP contribution in [0.25, 0.3) is 0 Å². The van der Waals surface area contributed by atoms with Gasteiger partial charge in [-0.3, -0.25) is 4.79 Å². The Bertz CT molecular complexity index is 671. The summed E-state index contributed by atoms with van der Waals surface area (Å²) < 4.78 is 30.4. The van der Waals surface area contributed by atoms with E-state index in [1.807, 2.05) is 12.1 Å². The van der Waals surface area contributed by atoms with E-state index in [-0.39, 0.29) is 5.91 Å². The van der Waals surface area contributed by atoms with Gasteiger partial charge in [0, 0.05) is 31.7 Å². The Balaban J connectivity index is 1.94. The Labute approximate surface area is 150 Å². The molecule has 0 aromatic heterocycles. The van der Waals surface area contributed by atoms with Crippen molar-refractivity contribution >= 4 is 15.9 Å². The standard InChI is InChI=1S/C18H28N2O4S/c1-15(2)9-14-24-17-7-5-16(6-8-17)18(21)19-10-4-11-20(13-12-19)25(3,22)23/h5-8,15H,4,9-14H2,1-3H3. The number of benzene rings is 1. The number of ether oxygens (including phenoxy) is 1. The summed E-state index contributed by atoms with van der Waals surface area (Å²) in [6.07, 6.45) is 2.85. The van der Waals surface area contributed by atoms with Crippen LogP contribution < -0.4 is 4.74 Å². The van der Waals surface area contributed by atoms with Gasteiger partial charge in [-0.25, -0.2) is 12.7 Å². The summed E-state index contributed by atoms with van der Waals surface area (Å²) in [5.74, 6) is 1.29. The summed E-state index contributed by atoms with van der Waals surface area (Å²) in [6, 6.07) is 7.17. The van der Waals surface area contributed by atoms with Crippen LogP contribution in [-0.4, -0.2) is 62.6 Å². The molecule has 1 aromatic carbocycles. The van der Waals surface area contributed by atoms with Gasteiger partial charge in [0.1, 0.15) is 5.75 Å². The second kappa shape index (κ2) is 8.67. The lowest BCUT2D eigenvalue weighted by atomic mass is 10.1. The van der Waals surface area contributed by atoms with Crippen LogP contribution >= 0.6 is 0 Å². The molecule has 1 saturated heterocycles. The van der Waals surface area contributed by atoms with Crippen LogP contribution in [-0.2, 0) is 10.0 Å². The zero-order valence-electron chi connectivity index (χ0n) is 15.3. The molecule has 0 aliphatic carbocycles. The second-order valence-electron chi connectivity index (χ2n) is 6.86. The molecule has 0 atom stereocenters. The lowest BCUT2D eigenvalue weighted by Gasteiger charge is -2.21. The third kappa shape index (κ3) is 6.01. The fourth-order valence-corrected chi connectivity index (χ4v) is 3.59. The Morgan fingerprint density at radius 2 is 1.80 bits per heavy atom. The number of hydrogen-bond donors (Lipinski definition) is 0. The van der Waals surface area contributed by atoms with Gasteiger partial charge in [0.2, 0.25) is 10.0 Å². The molecule has 25 heavy (non-hydrogen) atoms. The number of hydrogen-bond acceptors (Lipinski definition) is 4. The first-order valence-electron chi connectivity index (χ1n) is 8.74. The lowest BCUT2D eigenvalue weighted by Crippen LogP contribution is -2.36. The molecule has 1 aliphatic heterocycles. The van der Waals surface area contributed by atoms with E-state index in [1.54, 1.807) is 17.0 Å². The summed E-state index contributed by atoms with van der Waals surface area (Å²) in [5.41, 5.74) is 0.601. The van der Waals surface area contributed by atoms with Crippen LogP contribution in [0.3, 0.4) is 0 Å². The first kappa shape index (κ1) is 19.7. The van der Waals surface area contributed by atoms with Crippen LogP contribution in [0.2, 0.25) is 0 Å². The van der Waals surface area contributed by atoms with E-state index in [1.165, 1.54) is 10.6 Å². The summed E-state index contributed by atoms with van der Waals surface area (Å²) in [6.45, 7) is 6.76. The molecule has 0 bridgehead atoms. The zero-order valence-corrected chi connectivity index (χ0v) is 16.1. The monoisotopic (exact) mass is 368 g/mol. The highest BCUT2D eigenvalue weighted by atomic mass is 32.2. The highest BCUT2D eigenvalue weighted by Gasteiger charge is 2.24. The minimum Gasteiger partial charge on any atom is -0.494 e. The molecule has 2 rings (SSSR count). The number of carbonyl (C=O) groups excluding carboxylic acids is 1. The molecule has 0 spiro atoms. The van der Waals surface area contributed by atoms with Crippen molar-refractivity contribution in [2.75, 3.05) is 39.0 Å². The third-order valence-electron chi connectivity index (χ3n) is 4.28. The zero-order chi connectivity index (χ0) is 18.4. The Morgan fingerprint density at radius 3 is 2.40 bits per heavy atom. The van der Waals surface area contributed by atoms with Crippen molar-refractivity contribution in [3.63, 3.8) is 0 Å². The molecule has 0 N–H and O–H groups in total. The van der Waals surface area contributed by atoms with Crippen LogP contribution in [0.1, 0.15) is 37.0 Å². The van der Waals surface area contributed by atoms with Crippen LogP contribution in [0.15, 0.2) is 24.3 Å². The van der Waals surface area contributed by atoms with Crippen LogP contribution in [0.5, 0.6) is 5.75 Å². The van der Waals surface area contributed by atoms with Gasteiger partial charge in [-0.1, -0.05) is 13.8 Å². The SMILES string of the molecule is CC(C)CCOc1ccc(C(=O)N2CCCN(S(C)(=O)=O)CC2)cc1. The molecule has 1 aromatic rings. The van der Waals surface area contributed by atoms with Gasteiger partial charge in [-0.15, -0.1) is 0 Å². The van der Waals surface area contributed by atoms with Crippen molar-refractivity contribution in [2.24, 2.45) is 5.92 Å². The molecule has 1 fully saturated rings. The molecule has 1 heterocycles. The fraction of sp³-hybridized carbons (Fsp3) is 0.611. The number of rotatable bonds is 6. The van der Waals surface area contributed by atoms with Crippen molar-refractivity contribution in [3.8, 4) is 5.75 Å². The lowest BCUT2D eigenvalue weighted by molar-refractivity contribution is 0.0764. The first-order chi connectivity index (χ1) is 11.8. The maximum atomic E-state index is 12.6. The van der Waals surface area contributed by atoms with Crippen molar-refractivity contribution in [2.45, 2.75) is 26.7 Å². The topological polar surface area (TPSA) is 66.9 Å². The minimum atomic E-state index is -3.20. The van der Waals surface area contributed by atoms with E-state index >= 15 is 0 Å². The molecule has 7 heteroatoms.